The van der Waals surface area contributed by atoms with Gasteiger partial charge in [-0.3, -0.25) is 0 Å². The Balaban J connectivity index is 2.61. The van der Waals surface area contributed by atoms with Crippen molar-refractivity contribution < 1.29 is 19.1 Å². The maximum Gasteiger partial charge on any atom is 0.338 e. The Hall–Kier alpha value is -3.14. The van der Waals surface area contributed by atoms with E-state index in [1.165, 1.54) is 20.3 Å². The van der Waals surface area contributed by atoms with Gasteiger partial charge in [0.2, 0.25) is 0 Å². The molecule has 0 aliphatic rings. The van der Waals surface area contributed by atoms with Crippen molar-refractivity contribution in [2.75, 3.05) is 14.2 Å². The minimum atomic E-state index is -0.459. The van der Waals surface area contributed by atoms with E-state index < -0.39 is 11.9 Å². The fourth-order valence-corrected chi connectivity index (χ4v) is 2.48. The van der Waals surface area contributed by atoms with Crippen LogP contribution in [0.1, 0.15) is 22.3 Å². The molecule has 0 bridgehead atoms. The predicted molar refractivity (Wildman–Crippen MR) is 98.6 cm³/mol. The first-order valence-electron chi connectivity index (χ1n) is 7.78. The standard InChI is InChI=1S/C21H20O4/c1-15-8-7-11-17(12-13-19(22)24-2)20(15)18(21(23)25-3)14-16-9-5-4-6-10-16/h4-14H,1-3H3/b13-12+,18-14+. The molecule has 0 saturated heterocycles. The molecule has 0 aromatic heterocycles. The van der Waals surface area contributed by atoms with Gasteiger partial charge in [0.05, 0.1) is 19.8 Å². The molecule has 0 aliphatic carbocycles. The summed E-state index contributed by atoms with van der Waals surface area (Å²) >= 11 is 0. The molecule has 0 fully saturated rings. The molecule has 0 spiro atoms. The van der Waals surface area contributed by atoms with Crippen LogP contribution in [0.25, 0.3) is 17.7 Å². The normalized spacial score (nSPS) is 11.4. The number of esters is 2. The molecular formula is C21H20O4. The van der Waals surface area contributed by atoms with Gasteiger partial charge in [0.15, 0.2) is 0 Å². The minimum absolute atomic E-state index is 0.427. The second-order valence-electron chi connectivity index (χ2n) is 5.36. The zero-order valence-corrected chi connectivity index (χ0v) is 14.5. The smallest absolute Gasteiger partial charge is 0.338 e. The third-order valence-corrected chi connectivity index (χ3v) is 3.69. The van der Waals surface area contributed by atoms with E-state index in [2.05, 4.69) is 4.74 Å². The topological polar surface area (TPSA) is 52.6 Å². The van der Waals surface area contributed by atoms with Crippen molar-refractivity contribution in [2.45, 2.75) is 6.92 Å². The number of carbonyl (C=O) groups is 2. The van der Waals surface area contributed by atoms with Gasteiger partial charge in [-0.1, -0.05) is 48.5 Å². The highest BCUT2D eigenvalue weighted by Gasteiger charge is 2.17. The molecular weight excluding hydrogens is 316 g/mol. The van der Waals surface area contributed by atoms with Crippen LogP contribution in [-0.2, 0) is 19.1 Å². The fraction of sp³-hybridized carbons (Fsp3) is 0.143. The molecule has 0 heterocycles. The molecule has 2 aromatic carbocycles. The average Bonchev–Trinajstić information content (AvgIpc) is 2.64. The van der Waals surface area contributed by atoms with Gasteiger partial charge in [-0.25, -0.2) is 9.59 Å². The van der Waals surface area contributed by atoms with Gasteiger partial charge in [0.25, 0.3) is 0 Å². The summed E-state index contributed by atoms with van der Waals surface area (Å²) in [6.45, 7) is 1.91. The van der Waals surface area contributed by atoms with Crippen molar-refractivity contribution in [3.63, 3.8) is 0 Å². The zero-order valence-electron chi connectivity index (χ0n) is 14.5. The molecule has 2 aromatic rings. The maximum absolute atomic E-state index is 12.4. The van der Waals surface area contributed by atoms with Gasteiger partial charge < -0.3 is 9.47 Å². The Morgan fingerprint density at radius 2 is 1.64 bits per heavy atom. The highest BCUT2D eigenvalue weighted by molar-refractivity contribution is 6.22. The van der Waals surface area contributed by atoms with E-state index >= 15 is 0 Å². The number of rotatable bonds is 5. The lowest BCUT2D eigenvalue weighted by Gasteiger charge is -2.13. The lowest BCUT2D eigenvalue weighted by Crippen LogP contribution is -2.07. The average molecular weight is 336 g/mol. The van der Waals surface area contributed by atoms with Gasteiger partial charge in [0.1, 0.15) is 0 Å². The highest BCUT2D eigenvalue weighted by Crippen LogP contribution is 2.27. The van der Waals surface area contributed by atoms with E-state index in [1.54, 1.807) is 12.2 Å². The van der Waals surface area contributed by atoms with Crippen molar-refractivity contribution in [1.29, 1.82) is 0 Å². The van der Waals surface area contributed by atoms with Crippen LogP contribution in [0.5, 0.6) is 0 Å². The number of carbonyl (C=O) groups excluding carboxylic acids is 2. The molecule has 0 aliphatic heterocycles. The van der Waals surface area contributed by atoms with Crippen molar-refractivity contribution >= 4 is 29.7 Å². The van der Waals surface area contributed by atoms with E-state index in [4.69, 9.17) is 4.74 Å². The Morgan fingerprint density at radius 1 is 0.920 bits per heavy atom. The molecule has 0 saturated carbocycles. The molecule has 2 rings (SSSR count). The molecule has 25 heavy (non-hydrogen) atoms. The number of hydrogen-bond donors (Lipinski definition) is 0. The molecule has 0 N–H and O–H groups in total. The molecule has 4 heteroatoms. The summed E-state index contributed by atoms with van der Waals surface area (Å²) in [5.74, 6) is -0.898. The Kier molecular flexibility index (Phi) is 6.29. The van der Waals surface area contributed by atoms with Crippen molar-refractivity contribution in [2.24, 2.45) is 0 Å². The molecule has 0 radical (unpaired) electrons. The summed E-state index contributed by atoms with van der Waals surface area (Å²) in [6, 6.07) is 15.1. The number of aryl methyl sites for hydroxylation is 1. The van der Waals surface area contributed by atoms with Crippen LogP contribution in [0.15, 0.2) is 54.6 Å². The third-order valence-electron chi connectivity index (χ3n) is 3.69. The van der Waals surface area contributed by atoms with Gasteiger partial charge in [0, 0.05) is 6.08 Å². The van der Waals surface area contributed by atoms with E-state index in [1.807, 2.05) is 55.5 Å². The lowest BCUT2D eigenvalue weighted by molar-refractivity contribution is -0.135. The summed E-state index contributed by atoms with van der Waals surface area (Å²) in [4.78, 5) is 23.8. The van der Waals surface area contributed by atoms with E-state index in [9.17, 15) is 9.59 Å². The number of methoxy groups -OCH3 is 2. The first kappa shape index (κ1) is 18.2. The summed E-state index contributed by atoms with van der Waals surface area (Å²) in [7, 11) is 2.67. The summed E-state index contributed by atoms with van der Waals surface area (Å²) in [6.07, 6.45) is 4.75. The fourth-order valence-electron chi connectivity index (χ4n) is 2.48. The second-order valence-corrected chi connectivity index (χ2v) is 5.36. The van der Waals surface area contributed by atoms with Crippen molar-refractivity contribution in [3.8, 4) is 0 Å². The first-order valence-corrected chi connectivity index (χ1v) is 7.78. The van der Waals surface area contributed by atoms with Crippen LogP contribution < -0.4 is 0 Å². The van der Waals surface area contributed by atoms with Crippen molar-refractivity contribution in [1.82, 2.24) is 0 Å². The second kappa shape index (κ2) is 8.64. The molecule has 0 atom stereocenters. The predicted octanol–water partition coefficient (Wildman–Crippen LogP) is 3.89. The van der Waals surface area contributed by atoms with E-state index in [0.29, 0.717) is 5.57 Å². The molecule has 0 unspecified atom stereocenters. The van der Waals surface area contributed by atoms with Crippen LogP contribution in [-0.4, -0.2) is 26.2 Å². The van der Waals surface area contributed by atoms with Gasteiger partial charge in [-0.2, -0.15) is 0 Å². The molecule has 4 nitrogen and oxygen atoms in total. The SMILES string of the molecule is COC(=O)/C=C/c1cccc(C)c1/C(=C\c1ccccc1)C(=O)OC. The Bertz CT molecular complexity index is 817. The van der Waals surface area contributed by atoms with E-state index in [-0.39, 0.29) is 0 Å². The molecule has 128 valence electrons. The third kappa shape index (κ3) is 4.67. The lowest BCUT2D eigenvalue weighted by atomic mass is 9.93. The summed E-state index contributed by atoms with van der Waals surface area (Å²) in [5, 5.41) is 0. The van der Waals surface area contributed by atoms with Crippen LogP contribution in [0.4, 0.5) is 0 Å². The number of benzene rings is 2. The molecule has 0 amide bonds. The summed E-state index contributed by atoms with van der Waals surface area (Å²) < 4.78 is 9.61. The number of ether oxygens (including phenoxy) is 2. The Morgan fingerprint density at radius 3 is 2.28 bits per heavy atom. The minimum Gasteiger partial charge on any atom is -0.466 e. The van der Waals surface area contributed by atoms with Crippen LogP contribution in [0.2, 0.25) is 0 Å². The monoisotopic (exact) mass is 336 g/mol. The largest absolute Gasteiger partial charge is 0.466 e. The van der Waals surface area contributed by atoms with Crippen LogP contribution in [0, 0.1) is 6.92 Å². The number of hydrogen-bond acceptors (Lipinski definition) is 4. The Labute approximate surface area is 147 Å². The van der Waals surface area contributed by atoms with E-state index in [0.717, 1.165) is 22.3 Å². The summed E-state index contributed by atoms with van der Waals surface area (Å²) in [5.41, 5.74) is 3.67. The van der Waals surface area contributed by atoms with Gasteiger partial charge in [-0.05, 0) is 41.3 Å². The highest BCUT2D eigenvalue weighted by atomic mass is 16.5. The maximum atomic E-state index is 12.4. The zero-order chi connectivity index (χ0) is 18.2. The van der Waals surface area contributed by atoms with Crippen molar-refractivity contribution in [3.05, 3.63) is 76.9 Å². The van der Waals surface area contributed by atoms with Gasteiger partial charge >= 0.3 is 11.9 Å². The quantitative estimate of drug-likeness (QED) is 0.472. The van der Waals surface area contributed by atoms with Gasteiger partial charge in [-0.15, -0.1) is 0 Å². The van der Waals surface area contributed by atoms with Crippen LogP contribution >= 0.6 is 0 Å². The first-order chi connectivity index (χ1) is 12.1. The van der Waals surface area contributed by atoms with Crippen LogP contribution in [0.3, 0.4) is 0 Å².